The van der Waals surface area contributed by atoms with Crippen molar-refractivity contribution in [3.8, 4) is 0 Å². The lowest BCUT2D eigenvalue weighted by Crippen LogP contribution is -2.23. The second kappa shape index (κ2) is 5.85. The molecule has 2 rings (SSSR count). The highest BCUT2D eigenvalue weighted by atomic mass is 16.4. The van der Waals surface area contributed by atoms with Crippen LogP contribution in [0.25, 0.3) is 11.0 Å². The number of aromatic nitrogens is 2. The molecule has 0 spiro atoms. The largest absolute Gasteiger partial charge is 0.478 e. The Morgan fingerprint density at radius 2 is 2.10 bits per heavy atom. The maximum absolute atomic E-state index is 11.5. The summed E-state index contributed by atoms with van der Waals surface area (Å²) >= 11 is 0. The minimum Gasteiger partial charge on any atom is -0.478 e. The second-order valence-electron chi connectivity index (χ2n) is 6.08. The van der Waals surface area contributed by atoms with Gasteiger partial charge >= 0.3 is 5.97 Å². The second-order valence-corrected chi connectivity index (χ2v) is 6.08. The fraction of sp³-hybridized carbons (Fsp3) is 0.500. The highest BCUT2D eigenvalue weighted by Gasteiger charge is 2.23. The summed E-state index contributed by atoms with van der Waals surface area (Å²) in [5.41, 5.74) is 1.54. The van der Waals surface area contributed by atoms with Gasteiger partial charge in [-0.05, 0) is 24.0 Å². The molecule has 0 saturated carbocycles. The van der Waals surface area contributed by atoms with Crippen LogP contribution in [0.1, 0.15) is 43.4 Å². The van der Waals surface area contributed by atoms with E-state index in [0.717, 1.165) is 12.2 Å². The fourth-order valence-corrected chi connectivity index (χ4v) is 2.66. The van der Waals surface area contributed by atoms with Gasteiger partial charge in [0.2, 0.25) is 0 Å². The molecule has 0 aliphatic carbocycles. The summed E-state index contributed by atoms with van der Waals surface area (Å²) in [6.07, 6.45) is 1.40. The number of rotatable bonds is 6. The minimum absolute atomic E-state index is 0.118. The van der Waals surface area contributed by atoms with Gasteiger partial charge in [-0.2, -0.15) is 0 Å². The number of fused-ring (bicyclic) bond motifs is 1. The van der Waals surface area contributed by atoms with Gasteiger partial charge in [0, 0.05) is 19.6 Å². The van der Waals surface area contributed by atoms with Crippen molar-refractivity contribution < 1.29 is 15.0 Å². The van der Waals surface area contributed by atoms with Crippen molar-refractivity contribution in [1.29, 1.82) is 0 Å². The normalized spacial score (nSPS) is 12.0. The molecular formula is C16H22N2O3. The predicted molar refractivity (Wildman–Crippen MR) is 81.6 cm³/mol. The van der Waals surface area contributed by atoms with Gasteiger partial charge in [-0.25, -0.2) is 9.78 Å². The molecule has 0 fully saturated rings. The summed E-state index contributed by atoms with van der Waals surface area (Å²) in [5, 5.41) is 18.6. The number of carboxylic acids is 1. The van der Waals surface area contributed by atoms with Gasteiger partial charge in [0.05, 0.1) is 16.6 Å². The van der Waals surface area contributed by atoms with Gasteiger partial charge < -0.3 is 14.8 Å². The zero-order chi connectivity index (χ0) is 15.6. The summed E-state index contributed by atoms with van der Waals surface area (Å²) in [7, 11) is 0. The molecule has 5 heteroatoms. The van der Waals surface area contributed by atoms with Crippen LogP contribution in [0.4, 0.5) is 0 Å². The number of hydrogen-bond donors (Lipinski definition) is 2. The first kappa shape index (κ1) is 15.5. The zero-order valence-electron chi connectivity index (χ0n) is 12.8. The van der Waals surface area contributed by atoms with E-state index in [-0.39, 0.29) is 17.6 Å². The van der Waals surface area contributed by atoms with Gasteiger partial charge in [-0.1, -0.05) is 26.8 Å². The molecule has 0 aliphatic heterocycles. The molecule has 2 aromatic rings. The smallest absolute Gasteiger partial charge is 0.337 e. The van der Waals surface area contributed by atoms with Gasteiger partial charge in [-0.15, -0.1) is 0 Å². The molecule has 0 unspecified atom stereocenters. The van der Waals surface area contributed by atoms with Crippen molar-refractivity contribution in [3.63, 3.8) is 0 Å². The van der Waals surface area contributed by atoms with Crippen molar-refractivity contribution >= 4 is 17.0 Å². The number of hydrogen-bond acceptors (Lipinski definition) is 3. The number of aromatic carboxylic acids is 1. The monoisotopic (exact) mass is 290 g/mol. The number of benzene rings is 1. The number of aliphatic hydroxyl groups is 1. The summed E-state index contributed by atoms with van der Waals surface area (Å²) in [5.74, 6) is -0.0610. The van der Waals surface area contributed by atoms with E-state index >= 15 is 0 Å². The quantitative estimate of drug-likeness (QED) is 0.857. The molecule has 0 amide bonds. The van der Waals surface area contributed by atoms with Gasteiger partial charge in [-0.3, -0.25) is 0 Å². The molecule has 1 aromatic carbocycles. The van der Waals surface area contributed by atoms with E-state index in [1.54, 1.807) is 12.1 Å². The number of imidazole rings is 1. The number of aliphatic hydroxyl groups excluding tert-OH is 1. The van der Waals surface area contributed by atoms with Crippen LogP contribution in [-0.2, 0) is 13.0 Å². The molecular weight excluding hydrogens is 268 g/mol. The Morgan fingerprint density at radius 3 is 2.67 bits per heavy atom. The van der Waals surface area contributed by atoms with Crippen LogP contribution in [-0.4, -0.2) is 32.3 Å². The van der Waals surface area contributed by atoms with Crippen LogP contribution in [0.15, 0.2) is 18.2 Å². The number of carbonyl (C=O) groups is 1. The average molecular weight is 290 g/mol. The Hall–Kier alpha value is -1.88. The van der Waals surface area contributed by atoms with E-state index in [1.807, 2.05) is 17.6 Å². The predicted octanol–water partition coefficient (Wildman–Crippen LogP) is 2.71. The molecule has 21 heavy (non-hydrogen) atoms. The van der Waals surface area contributed by atoms with Crippen LogP contribution < -0.4 is 0 Å². The summed E-state index contributed by atoms with van der Waals surface area (Å²) < 4.78 is 1.99. The molecule has 0 radical (unpaired) electrons. The van der Waals surface area contributed by atoms with Gasteiger partial charge in [0.15, 0.2) is 0 Å². The van der Waals surface area contributed by atoms with Crippen molar-refractivity contribution in [1.82, 2.24) is 9.55 Å². The maximum atomic E-state index is 11.5. The maximum Gasteiger partial charge on any atom is 0.337 e. The van der Waals surface area contributed by atoms with E-state index in [0.29, 0.717) is 24.0 Å². The van der Waals surface area contributed by atoms with Crippen LogP contribution in [0.2, 0.25) is 0 Å². The van der Waals surface area contributed by atoms with E-state index in [9.17, 15) is 15.0 Å². The first-order valence-electron chi connectivity index (χ1n) is 7.22. The van der Waals surface area contributed by atoms with Gasteiger partial charge in [0.25, 0.3) is 0 Å². The van der Waals surface area contributed by atoms with Crippen molar-refractivity contribution in [2.45, 2.75) is 40.2 Å². The number of carboxylic acid groups (broad SMARTS) is 1. The third-order valence-electron chi connectivity index (χ3n) is 3.77. The van der Waals surface area contributed by atoms with Crippen LogP contribution in [0.3, 0.4) is 0 Å². The summed E-state index contributed by atoms with van der Waals surface area (Å²) in [6.45, 7) is 6.90. The summed E-state index contributed by atoms with van der Waals surface area (Å²) in [6, 6.07) is 5.18. The lowest BCUT2D eigenvalue weighted by molar-refractivity contribution is 0.0698. The molecule has 1 aromatic heterocycles. The van der Waals surface area contributed by atoms with Crippen LogP contribution >= 0.6 is 0 Å². The lowest BCUT2D eigenvalue weighted by atomic mass is 9.89. The topological polar surface area (TPSA) is 75.3 Å². The average Bonchev–Trinajstić information content (AvgIpc) is 2.75. The number of para-hydroxylation sites is 1. The van der Waals surface area contributed by atoms with E-state index in [2.05, 4.69) is 18.8 Å². The zero-order valence-corrected chi connectivity index (χ0v) is 12.8. The molecule has 0 aliphatic rings. The SMILES string of the molecule is CCc1nc2cccc(C(=O)O)c2n1CC(C)(C)CCO. The fourth-order valence-electron chi connectivity index (χ4n) is 2.66. The molecule has 114 valence electrons. The third kappa shape index (κ3) is 3.08. The van der Waals surface area contributed by atoms with Crippen LogP contribution in [0, 0.1) is 5.41 Å². The first-order chi connectivity index (χ1) is 9.89. The van der Waals surface area contributed by atoms with Crippen molar-refractivity contribution in [2.75, 3.05) is 6.61 Å². The molecule has 0 atom stereocenters. The Kier molecular flexibility index (Phi) is 4.32. The van der Waals surface area contributed by atoms with Gasteiger partial charge in [0.1, 0.15) is 5.82 Å². The lowest BCUT2D eigenvalue weighted by Gasteiger charge is -2.25. The van der Waals surface area contributed by atoms with Crippen molar-refractivity contribution in [3.05, 3.63) is 29.6 Å². The van der Waals surface area contributed by atoms with E-state index < -0.39 is 5.97 Å². The Bertz CT molecular complexity index is 659. The highest BCUT2D eigenvalue weighted by molar-refractivity contribution is 6.01. The Labute approximate surface area is 124 Å². The van der Waals surface area contributed by atoms with Crippen LogP contribution in [0.5, 0.6) is 0 Å². The first-order valence-corrected chi connectivity index (χ1v) is 7.22. The van der Waals surface area contributed by atoms with Crippen molar-refractivity contribution in [2.24, 2.45) is 5.41 Å². The molecule has 0 saturated heterocycles. The van der Waals surface area contributed by atoms with E-state index in [1.165, 1.54) is 0 Å². The minimum atomic E-state index is -0.940. The molecule has 0 bridgehead atoms. The highest BCUT2D eigenvalue weighted by Crippen LogP contribution is 2.28. The summed E-state index contributed by atoms with van der Waals surface area (Å²) in [4.78, 5) is 16.0. The Morgan fingerprint density at radius 1 is 1.38 bits per heavy atom. The molecule has 5 nitrogen and oxygen atoms in total. The van der Waals surface area contributed by atoms with E-state index in [4.69, 9.17) is 0 Å². The number of nitrogens with zero attached hydrogens (tertiary/aromatic N) is 2. The third-order valence-corrected chi connectivity index (χ3v) is 3.77. The standard InChI is InChI=1S/C16H22N2O3/c1-4-13-17-12-7-5-6-11(15(20)21)14(12)18(13)10-16(2,3)8-9-19/h5-7,19H,4,8-10H2,1-3H3,(H,20,21). The number of aryl methyl sites for hydroxylation is 1. The Balaban J connectivity index is 2.62. The molecule has 1 heterocycles. The molecule has 2 N–H and O–H groups in total.